The molecule has 2 aliphatic heterocycles. The first-order valence-electron chi connectivity index (χ1n) is 9.94. The Hall–Kier alpha value is -2.84. The molecule has 0 aliphatic carbocycles. The molecule has 1 unspecified atom stereocenters. The van der Waals surface area contributed by atoms with Crippen LogP contribution in [0.3, 0.4) is 0 Å². The monoisotopic (exact) mass is 449 g/mol. The van der Waals surface area contributed by atoms with E-state index in [1.165, 1.54) is 17.0 Å². The molecule has 2 heterocycles. The molecule has 2 amide bonds. The number of hydrogen-bond donors (Lipinski definition) is 4. The quantitative estimate of drug-likeness (QED) is 0.382. The van der Waals surface area contributed by atoms with E-state index in [4.69, 9.17) is 16.0 Å². The van der Waals surface area contributed by atoms with Gasteiger partial charge >= 0.3 is 7.52 Å². The number of rotatable bonds is 6. The van der Waals surface area contributed by atoms with Crippen LogP contribution in [0.2, 0.25) is 0 Å². The average molecular weight is 449 g/mol. The summed E-state index contributed by atoms with van der Waals surface area (Å²) in [5, 5.41) is 13.5. The highest BCUT2D eigenvalue weighted by Gasteiger charge is 2.41. The van der Waals surface area contributed by atoms with E-state index in [0.29, 0.717) is 6.54 Å². The summed E-state index contributed by atoms with van der Waals surface area (Å²) >= 11 is 0. The highest BCUT2D eigenvalue weighted by molar-refractivity contribution is 7.66. The van der Waals surface area contributed by atoms with E-state index >= 15 is 0 Å². The molecule has 0 saturated carbocycles. The zero-order chi connectivity index (χ0) is 23.1. The minimum atomic E-state index is -3.90. The van der Waals surface area contributed by atoms with Crippen LogP contribution >= 0.6 is 7.52 Å². The van der Waals surface area contributed by atoms with Crippen LogP contribution in [0.4, 0.5) is 11.4 Å². The fraction of sp³-hybridized carbons (Fsp3) is 0.450. The van der Waals surface area contributed by atoms with E-state index < -0.39 is 19.3 Å². The lowest BCUT2D eigenvalue weighted by atomic mass is 9.92. The molecular weight excluding hydrogens is 421 g/mol. The first-order chi connectivity index (χ1) is 14.4. The highest BCUT2D eigenvalue weighted by Crippen LogP contribution is 2.53. The van der Waals surface area contributed by atoms with Crippen molar-refractivity contribution in [1.82, 2.24) is 4.90 Å². The number of nitrogens with one attached hydrogen (secondary N) is 1. The van der Waals surface area contributed by atoms with Crippen molar-refractivity contribution in [2.45, 2.75) is 34.1 Å². The van der Waals surface area contributed by atoms with Gasteiger partial charge < -0.3 is 31.3 Å². The summed E-state index contributed by atoms with van der Waals surface area (Å²) in [5.41, 5.74) is 11.5. The van der Waals surface area contributed by atoms with Crippen LogP contribution in [0.25, 0.3) is 0 Å². The number of carbonyl (C=O) groups excluding carboxylic acids is 2. The molecule has 0 spiro atoms. The van der Waals surface area contributed by atoms with E-state index in [1.54, 1.807) is 6.92 Å². The number of amidine groups is 1. The summed E-state index contributed by atoms with van der Waals surface area (Å²) in [6, 6.07) is 2.74. The van der Waals surface area contributed by atoms with Gasteiger partial charge in [0.15, 0.2) is 5.84 Å². The van der Waals surface area contributed by atoms with Crippen LogP contribution in [0.15, 0.2) is 28.2 Å². The molecule has 10 nitrogen and oxygen atoms in total. The van der Waals surface area contributed by atoms with Gasteiger partial charge in [-0.15, -0.1) is 0 Å². The van der Waals surface area contributed by atoms with Gasteiger partial charge in [-0.2, -0.15) is 4.76 Å². The Bertz CT molecular complexity index is 1060. The summed E-state index contributed by atoms with van der Waals surface area (Å²) in [7, 11) is -3.90. The second-order valence-corrected chi connectivity index (χ2v) is 10.7. The minimum Gasteiger partial charge on any atom is -0.509 e. The van der Waals surface area contributed by atoms with Gasteiger partial charge in [0.05, 0.1) is 29.7 Å². The molecule has 1 atom stereocenters. The van der Waals surface area contributed by atoms with Gasteiger partial charge in [-0.3, -0.25) is 14.2 Å². The number of nitrogens with two attached hydrogens (primary N) is 2. The molecule has 0 aromatic heterocycles. The minimum absolute atomic E-state index is 0.000806. The first kappa shape index (κ1) is 22.8. The molecule has 0 radical (unpaired) electrons. The number of carbonyl (C=O) groups is 2. The van der Waals surface area contributed by atoms with Gasteiger partial charge in [-0.05, 0) is 30.9 Å². The standard InChI is InChI=1S/C20H28N5O5P/c1-5-30-31(29)14-9-11(21)8-12(17(22)27)16(14)23-18(24-31)15-13(26)10-25(19(15)28)7-6-20(2,3)4/h8-9,26H,5-7,10,21H2,1-4H3,(H2,22,27)(H,23,24,29). The van der Waals surface area contributed by atoms with Crippen molar-refractivity contribution in [3.63, 3.8) is 0 Å². The second kappa shape index (κ2) is 8.01. The van der Waals surface area contributed by atoms with Crippen molar-refractivity contribution in [3.05, 3.63) is 29.0 Å². The normalized spacial score (nSPS) is 21.1. The predicted octanol–water partition coefficient (Wildman–Crippen LogP) is 2.14. The third kappa shape index (κ3) is 4.45. The number of hydrogen-bond acceptors (Lipinski definition) is 7. The lowest BCUT2D eigenvalue weighted by molar-refractivity contribution is -0.125. The molecule has 6 N–H and O–H groups in total. The van der Waals surface area contributed by atoms with E-state index in [2.05, 4.69) is 30.9 Å². The van der Waals surface area contributed by atoms with E-state index in [0.717, 1.165) is 6.42 Å². The zero-order valence-electron chi connectivity index (χ0n) is 18.1. The van der Waals surface area contributed by atoms with Gasteiger partial charge in [0.25, 0.3) is 11.8 Å². The molecule has 1 aromatic carbocycles. The van der Waals surface area contributed by atoms with Crippen molar-refractivity contribution in [2.75, 3.05) is 30.7 Å². The lowest BCUT2D eigenvalue weighted by Crippen LogP contribution is -2.35. The maximum atomic E-state index is 13.6. The summed E-state index contributed by atoms with van der Waals surface area (Å²) in [4.78, 5) is 26.5. The Morgan fingerprint density at radius 3 is 2.65 bits per heavy atom. The molecule has 0 saturated heterocycles. The molecule has 0 fully saturated rings. The van der Waals surface area contributed by atoms with E-state index in [1.807, 2.05) is 0 Å². The van der Waals surface area contributed by atoms with E-state index in [9.17, 15) is 19.3 Å². The number of anilines is 2. The van der Waals surface area contributed by atoms with Crippen molar-refractivity contribution < 1.29 is 23.8 Å². The van der Waals surface area contributed by atoms with Crippen molar-refractivity contribution in [3.8, 4) is 0 Å². The van der Waals surface area contributed by atoms with Gasteiger partial charge in [0.2, 0.25) is 0 Å². The van der Waals surface area contributed by atoms with Gasteiger partial charge in [0, 0.05) is 12.2 Å². The number of nitrogen functional groups attached to an aromatic ring is 1. The molecule has 3 rings (SSSR count). The van der Waals surface area contributed by atoms with Gasteiger partial charge in [-0.1, -0.05) is 20.8 Å². The molecule has 0 bridgehead atoms. The number of fused-ring (bicyclic) bond motifs is 1. The van der Waals surface area contributed by atoms with Crippen LogP contribution in [0.5, 0.6) is 0 Å². The number of benzene rings is 1. The summed E-state index contributed by atoms with van der Waals surface area (Å²) in [6.07, 6.45) is 0.727. The number of amides is 2. The first-order valence-corrected chi connectivity index (χ1v) is 11.5. The molecule has 31 heavy (non-hydrogen) atoms. The van der Waals surface area contributed by atoms with Crippen molar-refractivity contribution in [2.24, 2.45) is 15.9 Å². The largest absolute Gasteiger partial charge is 0.509 e. The Labute approximate surface area is 180 Å². The smallest absolute Gasteiger partial charge is 0.348 e. The van der Waals surface area contributed by atoms with Crippen molar-refractivity contribution in [1.29, 1.82) is 0 Å². The highest BCUT2D eigenvalue weighted by atomic mass is 31.2. The van der Waals surface area contributed by atoms with Gasteiger partial charge in [-0.25, -0.2) is 0 Å². The third-order valence-electron chi connectivity index (χ3n) is 4.99. The topological polar surface area (TPSA) is 160 Å². The van der Waals surface area contributed by atoms with Crippen LogP contribution in [-0.2, 0) is 13.9 Å². The predicted molar refractivity (Wildman–Crippen MR) is 120 cm³/mol. The number of aliphatic hydroxyl groups excluding tert-OH is 1. The van der Waals surface area contributed by atoms with Crippen LogP contribution in [-0.4, -0.2) is 47.4 Å². The average Bonchev–Trinajstić information content (AvgIpc) is 2.93. The third-order valence-corrected chi connectivity index (χ3v) is 7.02. The number of nitrogens with zero attached hydrogens (tertiary/aromatic N) is 2. The maximum Gasteiger partial charge on any atom is 0.348 e. The van der Waals surface area contributed by atoms with E-state index in [-0.39, 0.29) is 58.0 Å². The summed E-state index contributed by atoms with van der Waals surface area (Å²) in [5.74, 6) is -1.58. The number of aliphatic hydroxyl groups is 1. The Balaban J connectivity index is 2.05. The fourth-order valence-electron chi connectivity index (χ4n) is 3.41. The zero-order valence-corrected chi connectivity index (χ0v) is 19.0. The second-order valence-electron chi connectivity index (χ2n) is 8.70. The Morgan fingerprint density at radius 2 is 2.06 bits per heavy atom. The molecule has 1 aromatic rings. The SMILES string of the molecule is CCOP1(=O)N=C(C2=C(O)CN(CCC(C)(C)C)C2=O)Nc2c(C(N)=O)cc(N)cc21. The maximum absolute atomic E-state index is 13.6. The van der Waals surface area contributed by atoms with Crippen LogP contribution < -0.4 is 22.1 Å². The Morgan fingerprint density at radius 1 is 1.39 bits per heavy atom. The number of primary amides is 1. The molecular formula is C20H28N5O5P. The molecule has 168 valence electrons. The molecule has 2 aliphatic rings. The van der Waals surface area contributed by atoms with Crippen LogP contribution in [0.1, 0.15) is 44.5 Å². The van der Waals surface area contributed by atoms with Crippen LogP contribution in [0, 0.1) is 5.41 Å². The molecule has 11 heteroatoms. The summed E-state index contributed by atoms with van der Waals surface area (Å²) < 4.78 is 23.3. The fourth-order valence-corrected chi connectivity index (χ4v) is 5.25. The lowest BCUT2D eigenvalue weighted by Gasteiger charge is -2.27. The van der Waals surface area contributed by atoms with Gasteiger partial charge in [0.1, 0.15) is 11.3 Å². The Kier molecular flexibility index (Phi) is 5.90. The summed E-state index contributed by atoms with van der Waals surface area (Å²) in [6.45, 7) is 8.32. The van der Waals surface area contributed by atoms with Crippen molar-refractivity contribution >= 4 is 41.8 Å².